The van der Waals surface area contributed by atoms with Gasteiger partial charge in [0, 0.05) is 35.4 Å². The highest BCUT2D eigenvalue weighted by Crippen LogP contribution is 2.23. The van der Waals surface area contributed by atoms with Gasteiger partial charge in [-0.15, -0.1) is 0 Å². The Kier molecular flexibility index (Phi) is 5.55. The Morgan fingerprint density at radius 3 is 2.52 bits per heavy atom. The number of hydrogen-bond acceptors (Lipinski definition) is 5. The fourth-order valence-corrected chi connectivity index (χ4v) is 3.70. The van der Waals surface area contributed by atoms with Crippen LogP contribution in [0.5, 0.6) is 6.01 Å². The third-order valence-electron chi connectivity index (χ3n) is 5.12. The fourth-order valence-electron chi connectivity index (χ4n) is 3.70. The number of rotatable bonds is 5. The van der Waals surface area contributed by atoms with Crippen molar-refractivity contribution in [1.29, 1.82) is 0 Å². The quantitative estimate of drug-likeness (QED) is 0.721. The molecule has 7 heteroatoms. The van der Waals surface area contributed by atoms with E-state index in [0.29, 0.717) is 11.6 Å². The first-order valence-electron chi connectivity index (χ1n) is 9.97. The lowest BCUT2D eigenvalue weighted by Gasteiger charge is -2.29. The van der Waals surface area contributed by atoms with Crippen molar-refractivity contribution < 1.29 is 9.53 Å². The molecule has 0 unspecified atom stereocenters. The Hall–Kier alpha value is -3.22. The first kappa shape index (κ1) is 19.1. The van der Waals surface area contributed by atoms with Crippen LogP contribution in [0.2, 0.25) is 0 Å². The molecule has 0 bridgehead atoms. The summed E-state index contributed by atoms with van der Waals surface area (Å²) in [7, 11) is 0. The number of nitrogens with zero attached hydrogens (tertiary/aromatic N) is 4. The van der Waals surface area contributed by atoms with Crippen LogP contribution in [0.3, 0.4) is 0 Å². The molecule has 0 aliphatic heterocycles. The zero-order valence-corrected chi connectivity index (χ0v) is 16.7. The summed E-state index contributed by atoms with van der Waals surface area (Å²) < 4.78 is 7.71. The molecule has 150 valence electrons. The van der Waals surface area contributed by atoms with Crippen molar-refractivity contribution in [2.24, 2.45) is 0 Å². The van der Waals surface area contributed by atoms with Crippen LogP contribution in [0, 0.1) is 13.8 Å². The molecule has 1 aliphatic carbocycles. The van der Waals surface area contributed by atoms with Crippen molar-refractivity contribution in [1.82, 2.24) is 25.1 Å². The lowest BCUT2D eigenvalue weighted by molar-refractivity contribution is 0.0884. The number of carbonyl (C=O) groups excluding carboxylic acids is 1. The molecule has 3 aromatic rings. The van der Waals surface area contributed by atoms with Crippen LogP contribution in [0.4, 0.5) is 0 Å². The van der Waals surface area contributed by atoms with Crippen LogP contribution in [0.15, 0.2) is 48.8 Å². The molecule has 0 atom stereocenters. The first-order chi connectivity index (χ1) is 14.1. The Morgan fingerprint density at radius 1 is 1.07 bits per heavy atom. The number of aryl methyl sites for hydroxylation is 2. The van der Waals surface area contributed by atoms with Gasteiger partial charge in [-0.2, -0.15) is 5.10 Å². The number of nitrogens with one attached hydrogen (secondary N) is 1. The molecular weight excluding hydrogens is 366 g/mol. The van der Waals surface area contributed by atoms with Gasteiger partial charge in [0.1, 0.15) is 6.10 Å². The first-order valence-corrected chi connectivity index (χ1v) is 9.97. The summed E-state index contributed by atoms with van der Waals surface area (Å²) in [6.07, 6.45) is 7.16. The molecule has 1 amide bonds. The largest absolute Gasteiger partial charge is 0.460 e. The average molecular weight is 391 g/mol. The average Bonchev–Trinajstić information content (AvgIpc) is 3.24. The number of aromatic nitrogens is 4. The predicted octanol–water partition coefficient (Wildman–Crippen LogP) is 3.40. The highest BCUT2D eigenvalue weighted by atomic mass is 16.5. The SMILES string of the molecule is Cc1cc(C)nc(OC2CCC(NC(=O)c3cccc(-n4cccn4)c3)CC2)n1. The van der Waals surface area contributed by atoms with Gasteiger partial charge in [-0.3, -0.25) is 4.79 Å². The Bertz CT molecular complexity index is 958. The summed E-state index contributed by atoms with van der Waals surface area (Å²) in [6, 6.07) is 11.9. The molecule has 1 N–H and O–H groups in total. The molecule has 2 heterocycles. The highest BCUT2D eigenvalue weighted by Gasteiger charge is 2.24. The molecule has 1 aliphatic rings. The van der Waals surface area contributed by atoms with Gasteiger partial charge < -0.3 is 10.1 Å². The summed E-state index contributed by atoms with van der Waals surface area (Å²) >= 11 is 0. The smallest absolute Gasteiger partial charge is 0.317 e. The third kappa shape index (κ3) is 4.80. The summed E-state index contributed by atoms with van der Waals surface area (Å²) in [5, 5.41) is 7.37. The number of benzene rings is 1. The van der Waals surface area contributed by atoms with Gasteiger partial charge in [0.05, 0.1) is 5.69 Å². The molecule has 0 saturated heterocycles. The maximum atomic E-state index is 12.7. The van der Waals surface area contributed by atoms with E-state index in [1.807, 2.05) is 56.4 Å². The Labute approximate surface area is 170 Å². The van der Waals surface area contributed by atoms with Crippen LogP contribution >= 0.6 is 0 Å². The second-order valence-electron chi connectivity index (χ2n) is 7.50. The summed E-state index contributed by atoms with van der Waals surface area (Å²) in [5.41, 5.74) is 3.32. The predicted molar refractivity (Wildman–Crippen MR) is 109 cm³/mol. The van der Waals surface area contributed by atoms with E-state index < -0.39 is 0 Å². The minimum atomic E-state index is -0.0546. The van der Waals surface area contributed by atoms with Crippen molar-refractivity contribution in [3.63, 3.8) is 0 Å². The molecule has 1 fully saturated rings. The van der Waals surface area contributed by atoms with Crippen LogP contribution < -0.4 is 10.1 Å². The number of hydrogen-bond donors (Lipinski definition) is 1. The Balaban J connectivity index is 1.31. The zero-order chi connectivity index (χ0) is 20.2. The molecule has 0 spiro atoms. The normalized spacial score (nSPS) is 19.0. The molecule has 4 rings (SSSR count). The standard InChI is InChI=1S/C22H25N5O2/c1-15-13-16(2)25-22(24-15)29-20-9-7-18(8-10-20)26-21(28)17-5-3-6-19(14-17)27-12-4-11-23-27/h3-6,11-14,18,20H,7-10H2,1-2H3,(H,26,28). The van der Waals surface area contributed by atoms with E-state index in [9.17, 15) is 4.79 Å². The van der Waals surface area contributed by atoms with E-state index in [1.165, 1.54) is 0 Å². The van der Waals surface area contributed by atoms with Crippen molar-refractivity contribution in [2.45, 2.75) is 51.7 Å². The summed E-state index contributed by atoms with van der Waals surface area (Å²) in [6.45, 7) is 3.88. The monoisotopic (exact) mass is 391 g/mol. The van der Waals surface area contributed by atoms with E-state index in [0.717, 1.165) is 42.8 Å². The lowest BCUT2D eigenvalue weighted by Crippen LogP contribution is -2.39. The molecule has 1 saturated carbocycles. The second kappa shape index (κ2) is 8.43. The van der Waals surface area contributed by atoms with Crippen LogP contribution in [-0.4, -0.2) is 37.8 Å². The number of ether oxygens (including phenoxy) is 1. The summed E-state index contributed by atoms with van der Waals surface area (Å²) in [4.78, 5) is 21.4. The molecule has 0 radical (unpaired) electrons. The van der Waals surface area contributed by atoms with Gasteiger partial charge in [0.25, 0.3) is 5.91 Å². The van der Waals surface area contributed by atoms with Crippen molar-refractivity contribution in [3.05, 3.63) is 65.7 Å². The molecule has 7 nitrogen and oxygen atoms in total. The summed E-state index contributed by atoms with van der Waals surface area (Å²) in [5.74, 6) is -0.0546. The minimum absolute atomic E-state index is 0.0546. The van der Waals surface area contributed by atoms with E-state index in [2.05, 4.69) is 20.4 Å². The molecule has 2 aromatic heterocycles. The molecule has 1 aromatic carbocycles. The van der Waals surface area contributed by atoms with Crippen molar-refractivity contribution in [3.8, 4) is 11.7 Å². The van der Waals surface area contributed by atoms with Gasteiger partial charge >= 0.3 is 6.01 Å². The second-order valence-corrected chi connectivity index (χ2v) is 7.50. The molecule has 29 heavy (non-hydrogen) atoms. The maximum Gasteiger partial charge on any atom is 0.317 e. The lowest BCUT2D eigenvalue weighted by atomic mass is 9.92. The van der Waals surface area contributed by atoms with Gasteiger partial charge in [0.2, 0.25) is 0 Å². The van der Waals surface area contributed by atoms with E-state index >= 15 is 0 Å². The zero-order valence-electron chi connectivity index (χ0n) is 16.7. The van der Waals surface area contributed by atoms with Gasteiger partial charge in [-0.25, -0.2) is 14.6 Å². The minimum Gasteiger partial charge on any atom is -0.460 e. The Morgan fingerprint density at radius 2 is 1.83 bits per heavy atom. The number of carbonyl (C=O) groups is 1. The van der Waals surface area contributed by atoms with Gasteiger partial charge in [0.15, 0.2) is 0 Å². The fraction of sp³-hybridized carbons (Fsp3) is 0.364. The molecular formula is C22H25N5O2. The van der Waals surface area contributed by atoms with Crippen LogP contribution in [-0.2, 0) is 0 Å². The van der Waals surface area contributed by atoms with Gasteiger partial charge in [-0.05, 0) is 69.9 Å². The third-order valence-corrected chi connectivity index (χ3v) is 5.12. The highest BCUT2D eigenvalue weighted by molar-refractivity contribution is 5.94. The van der Waals surface area contributed by atoms with Crippen LogP contribution in [0.25, 0.3) is 5.69 Å². The van der Waals surface area contributed by atoms with Gasteiger partial charge in [-0.1, -0.05) is 6.07 Å². The van der Waals surface area contributed by atoms with Crippen molar-refractivity contribution in [2.75, 3.05) is 0 Å². The maximum absolute atomic E-state index is 12.7. The van der Waals surface area contributed by atoms with Crippen molar-refractivity contribution >= 4 is 5.91 Å². The van der Waals surface area contributed by atoms with E-state index in [1.54, 1.807) is 10.9 Å². The van der Waals surface area contributed by atoms with E-state index in [-0.39, 0.29) is 18.1 Å². The van der Waals surface area contributed by atoms with E-state index in [4.69, 9.17) is 4.74 Å². The topological polar surface area (TPSA) is 81.9 Å². The van der Waals surface area contributed by atoms with Crippen LogP contribution in [0.1, 0.15) is 47.4 Å². The number of amides is 1.